The Morgan fingerprint density at radius 1 is 0.905 bits per heavy atom. The van der Waals surface area contributed by atoms with E-state index in [1.54, 1.807) is 0 Å². The maximum atomic E-state index is 2.35. The molecule has 0 fully saturated rings. The monoisotopic (exact) mass is 278 g/mol. The topological polar surface area (TPSA) is 0 Å². The molecule has 0 N–H and O–H groups in total. The van der Waals surface area contributed by atoms with E-state index in [2.05, 4.69) is 87.5 Å². The molecule has 0 saturated carbocycles. The molecule has 0 amide bonds. The van der Waals surface area contributed by atoms with Crippen molar-refractivity contribution in [2.75, 3.05) is 0 Å². The second-order valence-corrected chi connectivity index (χ2v) is 6.37. The van der Waals surface area contributed by atoms with E-state index in [9.17, 15) is 0 Å². The third kappa shape index (κ3) is 4.90. The van der Waals surface area contributed by atoms with Crippen LogP contribution in [0.3, 0.4) is 0 Å². The fourth-order valence-electron chi connectivity index (χ4n) is 2.53. The van der Waals surface area contributed by atoms with Crippen molar-refractivity contribution >= 4 is 0 Å². The number of rotatable bonds is 6. The van der Waals surface area contributed by atoms with Crippen molar-refractivity contribution in [1.82, 2.24) is 0 Å². The molecule has 0 nitrogen and oxygen atoms in total. The lowest BCUT2D eigenvalue weighted by Gasteiger charge is -2.21. The summed E-state index contributed by atoms with van der Waals surface area (Å²) < 4.78 is 0. The first-order valence-corrected chi connectivity index (χ1v) is 7.87. The molecule has 0 aromatic heterocycles. The van der Waals surface area contributed by atoms with Crippen molar-refractivity contribution in [3.05, 3.63) is 83.4 Å². The number of hydrogen-bond donors (Lipinski definition) is 0. The van der Waals surface area contributed by atoms with Crippen molar-refractivity contribution in [3.8, 4) is 0 Å². The highest BCUT2D eigenvalue weighted by Crippen LogP contribution is 2.25. The van der Waals surface area contributed by atoms with Crippen LogP contribution < -0.4 is 0 Å². The minimum Gasteiger partial charge on any atom is -0.0877 e. The molecule has 2 rings (SSSR count). The summed E-state index contributed by atoms with van der Waals surface area (Å²) in [5.74, 6) is 0. The van der Waals surface area contributed by atoms with Crippen LogP contribution in [-0.4, -0.2) is 0 Å². The fourth-order valence-corrected chi connectivity index (χ4v) is 2.53. The lowest BCUT2D eigenvalue weighted by molar-refractivity contribution is 0.664. The van der Waals surface area contributed by atoms with Crippen molar-refractivity contribution in [1.29, 1.82) is 0 Å². The van der Waals surface area contributed by atoms with Crippen LogP contribution in [0.5, 0.6) is 0 Å². The van der Waals surface area contributed by atoms with Crippen LogP contribution in [0.15, 0.2) is 66.7 Å². The van der Waals surface area contributed by atoms with Gasteiger partial charge in [-0.15, -0.1) is 0 Å². The molecule has 0 aliphatic heterocycles. The van der Waals surface area contributed by atoms with Crippen LogP contribution in [0.1, 0.15) is 43.4 Å². The van der Waals surface area contributed by atoms with Crippen LogP contribution in [-0.2, 0) is 11.8 Å². The van der Waals surface area contributed by atoms with Gasteiger partial charge in [0.2, 0.25) is 0 Å². The maximum Gasteiger partial charge on any atom is 0.00753 e. The highest BCUT2D eigenvalue weighted by atomic mass is 14.2. The van der Waals surface area contributed by atoms with E-state index < -0.39 is 0 Å². The van der Waals surface area contributed by atoms with Gasteiger partial charge in [-0.1, -0.05) is 86.2 Å². The first kappa shape index (κ1) is 15.6. The zero-order chi connectivity index (χ0) is 15.1. The molecule has 2 aromatic rings. The van der Waals surface area contributed by atoms with Crippen molar-refractivity contribution in [2.24, 2.45) is 0 Å². The van der Waals surface area contributed by atoms with E-state index in [1.807, 2.05) is 0 Å². The molecule has 0 heterocycles. The second kappa shape index (κ2) is 7.26. The Hall–Kier alpha value is -1.82. The van der Waals surface area contributed by atoms with Crippen LogP contribution in [0.2, 0.25) is 0 Å². The highest BCUT2D eigenvalue weighted by Gasteiger charge is 2.15. The number of allylic oxidation sites excluding steroid dienone is 2. The van der Waals surface area contributed by atoms with E-state index in [-0.39, 0.29) is 5.41 Å². The van der Waals surface area contributed by atoms with E-state index in [4.69, 9.17) is 0 Å². The van der Waals surface area contributed by atoms with Crippen LogP contribution in [0.4, 0.5) is 0 Å². The lowest BCUT2D eigenvalue weighted by Crippen LogP contribution is -2.13. The predicted octanol–water partition coefficient (Wildman–Crippen LogP) is 5.85. The Morgan fingerprint density at radius 2 is 1.57 bits per heavy atom. The van der Waals surface area contributed by atoms with Crippen molar-refractivity contribution in [2.45, 2.75) is 45.4 Å². The predicted molar refractivity (Wildman–Crippen MR) is 92.7 cm³/mol. The molecule has 0 radical (unpaired) electrons. The largest absolute Gasteiger partial charge is 0.0877 e. The van der Waals surface area contributed by atoms with Crippen LogP contribution in [0, 0.1) is 6.92 Å². The standard InChI is InChI=1S/C21H26/c1-18-13-15-20(16-14-18)21(2,3)17-9-5-8-12-19-10-6-4-7-11-19/h4,6-7,9-11,13-17H,5,8,12H2,1-3H3/b17-9+. The normalized spacial score (nSPS) is 12.0. The van der Waals surface area contributed by atoms with Crippen LogP contribution in [0.25, 0.3) is 0 Å². The Labute approximate surface area is 129 Å². The zero-order valence-electron chi connectivity index (χ0n) is 13.5. The molecule has 0 spiro atoms. The zero-order valence-corrected chi connectivity index (χ0v) is 13.5. The van der Waals surface area contributed by atoms with Gasteiger partial charge >= 0.3 is 0 Å². The molecule has 0 bridgehead atoms. The Balaban J connectivity index is 1.84. The van der Waals surface area contributed by atoms with Gasteiger partial charge in [0.05, 0.1) is 0 Å². The highest BCUT2D eigenvalue weighted by molar-refractivity contribution is 5.31. The van der Waals surface area contributed by atoms with Gasteiger partial charge in [-0.25, -0.2) is 0 Å². The lowest BCUT2D eigenvalue weighted by atomic mass is 9.84. The molecule has 0 unspecified atom stereocenters. The fraction of sp³-hybridized carbons (Fsp3) is 0.333. The van der Waals surface area contributed by atoms with E-state index in [1.165, 1.54) is 23.1 Å². The number of unbranched alkanes of at least 4 members (excludes halogenated alkanes) is 1. The van der Waals surface area contributed by atoms with Gasteiger partial charge in [-0.2, -0.15) is 0 Å². The van der Waals surface area contributed by atoms with Gasteiger partial charge in [0.15, 0.2) is 0 Å². The summed E-state index contributed by atoms with van der Waals surface area (Å²) in [5.41, 5.74) is 4.25. The Morgan fingerprint density at radius 3 is 2.24 bits per heavy atom. The summed E-state index contributed by atoms with van der Waals surface area (Å²) in [4.78, 5) is 0. The summed E-state index contributed by atoms with van der Waals surface area (Å²) in [6.45, 7) is 6.70. The molecular formula is C21H26. The summed E-state index contributed by atoms with van der Waals surface area (Å²) in [7, 11) is 0. The summed E-state index contributed by atoms with van der Waals surface area (Å²) in [5, 5.41) is 0. The molecule has 0 aliphatic carbocycles. The SMILES string of the molecule is Cc1ccc(C(C)(C)/C=C/CCCc2ccccc2)cc1. The molecular weight excluding hydrogens is 252 g/mol. The third-order valence-electron chi connectivity index (χ3n) is 4.01. The number of benzene rings is 2. The van der Waals surface area contributed by atoms with Crippen molar-refractivity contribution in [3.63, 3.8) is 0 Å². The van der Waals surface area contributed by atoms with E-state index in [0.717, 1.165) is 12.8 Å². The first-order chi connectivity index (χ1) is 10.1. The van der Waals surface area contributed by atoms with Gasteiger partial charge in [-0.05, 0) is 37.3 Å². The minimum absolute atomic E-state index is 0.112. The van der Waals surface area contributed by atoms with E-state index in [0.29, 0.717) is 0 Å². The average molecular weight is 278 g/mol. The molecule has 0 heteroatoms. The smallest absolute Gasteiger partial charge is 0.00753 e. The molecule has 110 valence electrons. The number of hydrogen-bond acceptors (Lipinski definition) is 0. The number of aryl methyl sites for hydroxylation is 2. The quantitative estimate of drug-likeness (QED) is 0.459. The molecule has 0 aliphatic rings. The summed E-state index contributed by atoms with van der Waals surface area (Å²) >= 11 is 0. The molecule has 2 aromatic carbocycles. The van der Waals surface area contributed by atoms with Crippen LogP contribution >= 0.6 is 0 Å². The average Bonchev–Trinajstić information content (AvgIpc) is 2.48. The Bertz CT molecular complexity index is 559. The molecule has 21 heavy (non-hydrogen) atoms. The van der Waals surface area contributed by atoms with Gasteiger partial charge < -0.3 is 0 Å². The van der Waals surface area contributed by atoms with Gasteiger partial charge in [-0.3, -0.25) is 0 Å². The summed E-state index contributed by atoms with van der Waals surface area (Å²) in [6.07, 6.45) is 8.20. The minimum atomic E-state index is 0.112. The Kier molecular flexibility index (Phi) is 5.38. The second-order valence-electron chi connectivity index (χ2n) is 6.37. The van der Waals surface area contributed by atoms with Crippen molar-refractivity contribution < 1.29 is 0 Å². The molecule has 0 saturated heterocycles. The maximum absolute atomic E-state index is 2.35. The van der Waals surface area contributed by atoms with Gasteiger partial charge in [0.1, 0.15) is 0 Å². The summed E-state index contributed by atoms with van der Waals surface area (Å²) in [6, 6.07) is 19.6. The van der Waals surface area contributed by atoms with Gasteiger partial charge in [0, 0.05) is 5.41 Å². The first-order valence-electron chi connectivity index (χ1n) is 7.87. The van der Waals surface area contributed by atoms with Gasteiger partial charge in [0.25, 0.3) is 0 Å². The van der Waals surface area contributed by atoms with E-state index >= 15 is 0 Å². The third-order valence-corrected chi connectivity index (χ3v) is 4.01. The molecule has 0 atom stereocenters.